The Morgan fingerprint density at radius 2 is 1.70 bits per heavy atom. The van der Waals surface area contributed by atoms with Crippen molar-refractivity contribution >= 4 is 35.1 Å². The first-order valence-electron chi connectivity index (χ1n) is 11.5. The summed E-state index contributed by atoms with van der Waals surface area (Å²) in [5.41, 5.74) is 1.71. The summed E-state index contributed by atoms with van der Waals surface area (Å²) in [7, 11) is 0. The van der Waals surface area contributed by atoms with E-state index in [0.717, 1.165) is 55.6 Å². The second kappa shape index (κ2) is 9.65. The maximum Gasteiger partial charge on any atom is 0.314 e. The minimum atomic E-state index is -0.803. The fourth-order valence-electron chi connectivity index (χ4n) is 5.23. The highest BCUT2D eigenvalue weighted by Gasteiger charge is 2.53. The molecule has 1 amide bonds. The van der Waals surface area contributed by atoms with E-state index >= 15 is 0 Å². The molecule has 0 atom stereocenters. The van der Waals surface area contributed by atoms with Crippen LogP contribution in [-0.2, 0) is 27.0 Å². The first kappa shape index (κ1) is 24.1. The molecule has 1 heterocycles. The molecule has 2 aromatic carbocycles. The Kier molecular flexibility index (Phi) is 7.04. The third-order valence-electron chi connectivity index (χ3n) is 7.22. The molecule has 176 valence electrons. The SMILES string of the molecule is CC(=O)NC1(c2ccccc2)CCN(CCCc2c(C3(C(=O)O)CC3)ccc(Cl)c2Cl)CC1. The van der Waals surface area contributed by atoms with E-state index in [1.165, 1.54) is 0 Å². The van der Waals surface area contributed by atoms with Crippen LogP contribution in [0.25, 0.3) is 0 Å². The van der Waals surface area contributed by atoms with Gasteiger partial charge in [0.1, 0.15) is 0 Å². The Morgan fingerprint density at radius 1 is 1.03 bits per heavy atom. The fourth-order valence-corrected chi connectivity index (χ4v) is 5.66. The molecule has 33 heavy (non-hydrogen) atoms. The van der Waals surface area contributed by atoms with E-state index in [2.05, 4.69) is 22.3 Å². The molecular formula is C26H30Cl2N2O3. The van der Waals surface area contributed by atoms with Gasteiger partial charge in [-0.3, -0.25) is 9.59 Å². The molecule has 2 aliphatic rings. The number of nitrogens with zero attached hydrogens (tertiary/aromatic N) is 1. The van der Waals surface area contributed by atoms with Gasteiger partial charge in [0.25, 0.3) is 0 Å². The Labute approximate surface area is 205 Å². The number of benzene rings is 2. The topological polar surface area (TPSA) is 69.6 Å². The van der Waals surface area contributed by atoms with Crippen molar-refractivity contribution in [1.82, 2.24) is 10.2 Å². The number of likely N-dealkylation sites (tertiary alicyclic amines) is 1. The summed E-state index contributed by atoms with van der Waals surface area (Å²) in [6.07, 6.45) is 4.54. The van der Waals surface area contributed by atoms with E-state index in [-0.39, 0.29) is 11.4 Å². The third kappa shape index (κ3) is 4.91. The average Bonchev–Trinajstić information content (AvgIpc) is 3.60. The van der Waals surface area contributed by atoms with Crippen LogP contribution in [0.2, 0.25) is 10.0 Å². The van der Waals surface area contributed by atoms with Crippen LogP contribution in [0.4, 0.5) is 0 Å². The van der Waals surface area contributed by atoms with Crippen LogP contribution in [-0.4, -0.2) is 41.5 Å². The van der Waals surface area contributed by atoms with Gasteiger partial charge in [-0.15, -0.1) is 0 Å². The van der Waals surface area contributed by atoms with Crippen molar-refractivity contribution in [2.24, 2.45) is 0 Å². The molecular weight excluding hydrogens is 459 g/mol. The van der Waals surface area contributed by atoms with Crippen molar-refractivity contribution in [1.29, 1.82) is 0 Å². The van der Waals surface area contributed by atoms with Gasteiger partial charge in [0.2, 0.25) is 5.91 Å². The Hall–Kier alpha value is -2.08. The molecule has 0 spiro atoms. The number of halogens is 2. The van der Waals surface area contributed by atoms with E-state index in [0.29, 0.717) is 29.3 Å². The number of carbonyl (C=O) groups is 2. The second-order valence-corrected chi connectivity index (χ2v) is 10.1. The van der Waals surface area contributed by atoms with Crippen LogP contribution in [0.15, 0.2) is 42.5 Å². The summed E-state index contributed by atoms with van der Waals surface area (Å²) >= 11 is 12.8. The van der Waals surface area contributed by atoms with Gasteiger partial charge in [0, 0.05) is 20.0 Å². The number of carboxylic acid groups (broad SMARTS) is 1. The molecule has 7 heteroatoms. The largest absolute Gasteiger partial charge is 0.481 e. The number of nitrogens with one attached hydrogen (secondary N) is 1. The van der Waals surface area contributed by atoms with Crippen LogP contribution in [0.3, 0.4) is 0 Å². The van der Waals surface area contributed by atoms with Gasteiger partial charge >= 0.3 is 5.97 Å². The molecule has 2 aromatic rings. The summed E-state index contributed by atoms with van der Waals surface area (Å²) < 4.78 is 0. The number of carbonyl (C=O) groups excluding carboxylic acids is 1. The lowest BCUT2D eigenvalue weighted by molar-refractivity contribution is -0.140. The average molecular weight is 489 g/mol. The van der Waals surface area contributed by atoms with Gasteiger partial charge in [0.05, 0.1) is 21.0 Å². The van der Waals surface area contributed by atoms with E-state index in [1.54, 1.807) is 13.0 Å². The number of amides is 1. The summed E-state index contributed by atoms with van der Waals surface area (Å²) in [4.78, 5) is 26.2. The van der Waals surface area contributed by atoms with Gasteiger partial charge in [0.15, 0.2) is 0 Å². The molecule has 2 fully saturated rings. The summed E-state index contributed by atoms with van der Waals surface area (Å²) in [6, 6.07) is 13.7. The normalized spacial score (nSPS) is 19.1. The molecule has 0 unspecified atom stereocenters. The van der Waals surface area contributed by atoms with Crippen LogP contribution in [0, 0.1) is 0 Å². The van der Waals surface area contributed by atoms with Crippen molar-refractivity contribution in [3.63, 3.8) is 0 Å². The predicted octanol–water partition coefficient (Wildman–Crippen LogP) is 5.17. The minimum absolute atomic E-state index is 0.0112. The molecule has 4 rings (SSSR count). The van der Waals surface area contributed by atoms with Crippen molar-refractivity contribution in [2.45, 2.75) is 56.4 Å². The van der Waals surface area contributed by atoms with Gasteiger partial charge < -0.3 is 15.3 Å². The lowest BCUT2D eigenvalue weighted by Crippen LogP contribution is -2.52. The van der Waals surface area contributed by atoms with Gasteiger partial charge in [-0.2, -0.15) is 0 Å². The second-order valence-electron chi connectivity index (χ2n) is 9.35. The quantitative estimate of drug-likeness (QED) is 0.537. The maximum atomic E-state index is 11.9. The van der Waals surface area contributed by atoms with E-state index < -0.39 is 11.4 Å². The summed E-state index contributed by atoms with van der Waals surface area (Å²) in [6.45, 7) is 4.22. The van der Waals surface area contributed by atoms with Crippen LogP contribution >= 0.6 is 23.2 Å². The highest BCUT2D eigenvalue weighted by atomic mass is 35.5. The minimum Gasteiger partial charge on any atom is -0.481 e. The number of hydrogen-bond donors (Lipinski definition) is 2. The number of hydrogen-bond acceptors (Lipinski definition) is 3. The Bertz CT molecular complexity index is 1030. The molecule has 1 saturated heterocycles. The molecule has 0 radical (unpaired) electrons. The van der Waals surface area contributed by atoms with Crippen molar-refractivity contribution in [3.8, 4) is 0 Å². The van der Waals surface area contributed by atoms with Gasteiger partial charge in [-0.1, -0.05) is 59.6 Å². The van der Waals surface area contributed by atoms with Crippen molar-refractivity contribution in [3.05, 3.63) is 69.2 Å². The van der Waals surface area contributed by atoms with Crippen LogP contribution < -0.4 is 5.32 Å². The van der Waals surface area contributed by atoms with E-state index in [9.17, 15) is 14.7 Å². The number of aliphatic carboxylic acids is 1. The Balaban J connectivity index is 1.41. The zero-order valence-corrected chi connectivity index (χ0v) is 20.4. The monoisotopic (exact) mass is 488 g/mol. The fraction of sp³-hybridized carbons (Fsp3) is 0.462. The molecule has 1 aliphatic heterocycles. The van der Waals surface area contributed by atoms with Gasteiger partial charge in [-0.25, -0.2) is 0 Å². The summed E-state index contributed by atoms with van der Waals surface area (Å²) in [5.74, 6) is -0.795. The molecule has 1 aliphatic carbocycles. The molecule has 0 bridgehead atoms. The van der Waals surface area contributed by atoms with Crippen LogP contribution in [0.1, 0.15) is 55.7 Å². The maximum absolute atomic E-state index is 11.9. The van der Waals surface area contributed by atoms with E-state index in [4.69, 9.17) is 23.2 Å². The standard InChI is InChI=1S/C26H30Cl2N2O3/c1-18(31)29-26(19-6-3-2-4-7-19)13-16-30(17-14-26)15-5-8-20-21(9-10-22(27)23(20)28)25(11-12-25)24(32)33/h2-4,6-7,9-10H,5,8,11-17H2,1H3,(H,29,31)(H,32,33). The molecule has 1 saturated carbocycles. The van der Waals surface area contributed by atoms with Crippen LogP contribution in [0.5, 0.6) is 0 Å². The molecule has 0 aromatic heterocycles. The van der Waals surface area contributed by atoms with Crippen molar-refractivity contribution in [2.75, 3.05) is 19.6 Å². The first-order valence-corrected chi connectivity index (χ1v) is 12.3. The zero-order chi connectivity index (χ0) is 23.6. The Morgan fingerprint density at radius 3 is 2.27 bits per heavy atom. The highest BCUT2D eigenvalue weighted by molar-refractivity contribution is 6.42. The lowest BCUT2D eigenvalue weighted by atomic mass is 9.80. The highest BCUT2D eigenvalue weighted by Crippen LogP contribution is 2.51. The number of carboxylic acids is 1. The third-order valence-corrected chi connectivity index (χ3v) is 8.07. The first-order chi connectivity index (χ1) is 15.8. The molecule has 5 nitrogen and oxygen atoms in total. The predicted molar refractivity (Wildman–Crippen MR) is 131 cm³/mol. The van der Waals surface area contributed by atoms with Crippen molar-refractivity contribution < 1.29 is 14.7 Å². The van der Waals surface area contributed by atoms with Gasteiger partial charge in [-0.05, 0) is 67.8 Å². The smallest absolute Gasteiger partial charge is 0.314 e. The number of rotatable bonds is 8. The lowest BCUT2D eigenvalue weighted by Gasteiger charge is -2.42. The summed E-state index contributed by atoms with van der Waals surface area (Å²) in [5, 5.41) is 13.9. The number of piperidine rings is 1. The molecule has 2 N–H and O–H groups in total. The van der Waals surface area contributed by atoms with E-state index in [1.807, 2.05) is 24.3 Å². The zero-order valence-electron chi connectivity index (χ0n) is 18.9.